The van der Waals surface area contributed by atoms with Crippen molar-refractivity contribution in [2.75, 3.05) is 26.2 Å². The molecule has 5 nitrogen and oxygen atoms in total. The van der Waals surface area contributed by atoms with Gasteiger partial charge >= 0.3 is 0 Å². The fraction of sp³-hybridized carbons (Fsp3) is 0.667. The van der Waals surface area contributed by atoms with E-state index in [1.165, 1.54) is 29.9 Å². The highest BCUT2D eigenvalue weighted by atomic mass is 16.5. The SMILES string of the molecule is O=C1C=CC(=O)N1CC1CN2CCCC2CO1. The largest absolute Gasteiger partial charge is 0.373 e. The van der Waals surface area contributed by atoms with Gasteiger partial charge in [-0.25, -0.2) is 0 Å². The molecule has 2 fully saturated rings. The van der Waals surface area contributed by atoms with Crippen molar-refractivity contribution < 1.29 is 14.3 Å². The Morgan fingerprint density at radius 1 is 1.29 bits per heavy atom. The average Bonchev–Trinajstić information content (AvgIpc) is 2.90. The highest BCUT2D eigenvalue weighted by Crippen LogP contribution is 2.23. The lowest BCUT2D eigenvalue weighted by molar-refractivity contribution is -0.141. The Kier molecular flexibility index (Phi) is 2.72. The summed E-state index contributed by atoms with van der Waals surface area (Å²) in [4.78, 5) is 26.5. The smallest absolute Gasteiger partial charge is 0.253 e. The molecule has 5 heteroatoms. The minimum Gasteiger partial charge on any atom is -0.373 e. The summed E-state index contributed by atoms with van der Waals surface area (Å²) in [5.74, 6) is -0.440. The highest BCUT2D eigenvalue weighted by Gasteiger charge is 2.35. The fourth-order valence-electron chi connectivity index (χ4n) is 2.81. The highest BCUT2D eigenvalue weighted by molar-refractivity contribution is 6.12. The maximum Gasteiger partial charge on any atom is 0.253 e. The molecule has 2 saturated heterocycles. The summed E-state index contributed by atoms with van der Waals surface area (Å²) in [6, 6.07) is 0.550. The standard InChI is InChI=1S/C12H16N2O3/c15-11-3-4-12(16)14(11)7-10-6-13-5-1-2-9(13)8-17-10/h3-4,9-10H,1-2,5-8H2. The van der Waals surface area contributed by atoms with Crippen molar-refractivity contribution in [3.63, 3.8) is 0 Å². The van der Waals surface area contributed by atoms with Crippen molar-refractivity contribution in [3.05, 3.63) is 12.2 Å². The Hall–Kier alpha value is -1.20. The second-order valence-electron chi connectivity index (χ2n) is 4.87. The zero-order valence-corrected chi connectivity index (χ0v) is 9.67. The van der Waals surface area contributed by atoms with Crippen molar-refractivity contribution in [1.29, 1.82) is 0 Å². The van der Waals surface area contributed by atoms with E-state index < -0.39 is 0 Å². The predicted molar refractivity (Wildman–Crippen MR) is 60.2 cm³/mol. The van der Waals surface area contributed by atoms with Crippen LogP contribution < -0.4 is 0 Å². The molecule has 0 aromatic heterocycles. The van der Waals surface area contributed by atoms with Gasteiger partial charge in [-0.2, -0.15) is 0 Å². The van der Waals surface area contributed by atoms with Gasteiger partial charge in [0, 0.05) is 24.7 Å². The molecule has 3 aliphatic rings. The van der Waals surface area contributed by atoms with Crippen LogP contribution in [0.15, 0.2) is 12.2 Å². The van der Waals surface area contributed by atoms with E-state index in [1.54, 1.807) is 0 Å². The van der Waals surface area contributed by atoms with Gasteiger partial charge in [0.2, 0.25) is 0 Å². The molecule has 2 atom stereocenters. The van der Waals surface area contributed by atoms with Crippen molar-refractivity contribution in [2.45, 2.75) is 25.0 Å². The molecule has 17 heavy (non-hydrogen) atoms. The lowest BCUT2D eigenvalue weighted by Gasteiger charge is -2.36. The zero-order chi connectivity index (χ0) is 11.8. The molecule has 3 aliphatic heterocycles. The molecule has 2 amide bonds. The predicted octanol–water partition coefficient (Wildman–Crippen LogP) is -0.225. The minimum atomic E-state index is -0.220. The van der Waals surface area contributed by atoms with Crippen LogP contribution in [0.3, 0.4) is 0 Å². The summed E-state index contributed by atoms with van der Waals surface area (Å²) in [5.41, 5.74) is 0. The van der Waals surface area contributed by atoms with Crippen LogP contribution in [-0.2, 0) is 14.3 Å². The number of hydrogen-bond donors (Lipinski definition) is 0. The van der Waals surface area contributed by atoms with E-state index in [0.29, 0.717) is 12.6 Å². The third-order valence-electron chi connectivity index (χ3n) is 3.75. The van der Waals surface area contributed by atoms with E-state index in [0.717, 1.165) is 19.7 Å². The molecule has 0 spiro atoms. The number of amides is 2. The molecule has 0 aromatic rings. The monoisotopic (exact) mass is 236 g/mol. The van der Waals surface area contributed by atoms with E-state index in [9.17, 15) is 9.59 Å². The van der Waals surface area contributed by atoms with Crippen LogP contribution in [0.25, 0.3) is 0 Å². The Morgan fingerprint density at radius 3 is 2.82 bits per heavy atom. The van der Waals surface area contributed by atoms with E-state index >= 15 is 0 Å². The van der Waals surface area contributed by atoms with Crippen LogP contribution in [0, 0.1) is 0 Å². The number of hydrogen-bond acceptors (Lipinski definition) is 4. The van der Waals surface area contributed by atoms with E-state index in [4.69, 9.17) is 4.74 Å². The number of carbonyl (C=O) groups excluding carboxylic acids is 2. The second-order valence-corrected chi connectivity index (χ2v) is 4.87. The molecule has 0 N–H and O–H groups in total. The molecule has 0 radical (unpaired) electrons. The summed E-state index contributed by atoms with van der Waals surface area (Å²) in [6.45, 7) is 3.06. The lowest BCUT2D eigenvalue weighted by atomic mass is 10.2. The van der Waals surface area contributed by atoms with Crippen molar-refractivity contribution >= 4 is 11.8 Å². The molecule has 0 aromatic carbocycles. The molecular formula is C12H16N2O3. The quantitative estimate of drug-likeness (QED) is 0.622. The maximum absolute atomic E-state index is 11.4. The molecule has 92 valence electrons. The van der Waals surface area contributed by atoms with Gasteiger partial charge in [0.25, 0.3) is 11.8 Å². The van der Waals surface area contributed by atoms with Crippen molar-refractivity contribution in [2.24, 2.45) is 0 Å². The molecule has 0 saturated carbocycles. The van der Waals surface area contributed by atoms with Crippen LogP contribution in [0.5, 0.6) is 0 Å². The first kappa shape index (κ1) is 10.9. The molecule has 3 heterocycles. The van der Waals surface area contributed by atoms with E-state index in [-0.39, 0.29) is 17.9 Å². The summed E-state index contributed by atoms with van der Waals surface area (Å²) in [7, 11) is 0. The van der Waals surface area contributed by atoms with E-state index in [2.05, 4.69) is 4.90 Å². The number of carbonyl (C=O) groups is 2. The van der Waals surface area contributed by atoms with Gasteiger partial charge in [-0.3, -0.25) is 19.4 Å². The van der Waals surface area contributed by atoms with Crippen molar-refractivity contribution in [3.8, 4) is 0 Å². The zero-order valence-electron chi connectivity index (χ0n) is 9.67. The van der Waals surface area contributed by atoms with Crippen LogP contribution in [0.2, 0.25) is 0 Å². The number of rotatable bonds is 2. The van der Waals surface area contributed by atoms with Crippen LogP contribution in [0.1, 0.15) is 12.8 Å². The number of nitrogens with zero attached hydrogens (tertiary/aromatic N) is 2. The second kappa shape index (κ2) is 4.23. The summed E-state index contributed by atoms with van der Waals surface area (Å²) < 4.78 is 5.73. The molecule has 0 bridgehead atoms. The maximum atomic E-state index is 11.4. The first-order valence-corrected chi connectivity index (χ1v) is 6.13. The molecular weight excluding hydrogens is 220 g/mol. The Morgan fingerprint density at radius 2 is 2.06 bits per heavy atom. The van der Waals surface area contributed by atoms with Gasteiger partial charge in [-0.05, 0) is 19.4 Å². The molecule has 3 rings (SSSR count). The number of morpholine rings is 1. The van der Waals surface area contributed by atoms with Gasteiger partial charge in [-0.1, -0.05) is 0 Å². The van der Waals surface area contributed by atoms with Gasteiger partial charge in [0.15, 0.2) is 0 Å². The topological polar surface area (TPSA) is 49.9 Å². The first-order valence-electron chi connectivity index (χ1n) is 6.13. The van der Waals surface area contributed by atoms with Crippen LogP contribution in [0.4, 0.5) is 0 Å². The van der Waals surface area contributed by atoms with Gasteiger partial charge in [-0.15, -0.1) is 0 Å². The van der Waals surface area contributed by atoms with Crippen molar-refractivity contribution in [1.82, 2.24) is 9.80 Å². The van der Waals surface area contributed by atoms with Crippen LogP contribution in [-0.4, -0.2) is 60.0 Å². The minimum absolute atomic E-state index is 0.0304. The normalized spacial score (nSPS) is 33.5. The number of imide groups is 1. The summed E-state index contributed by atoms with van der Waals surface area (Å²) in [6.07, 6.45) is 5.05. The Bertz CT molecular complexity index is 362. The molecule has 0 aliphatic carbocycles. The summed E-state index contributed by atoms with van der Waals surface area (Å²) in [5, 5.41) is 0. The Balaban J connectivity index is 1.59. The van der Waals surface area contributed by atoms with E-state index in [1.807, 2.05) is 0 Å². The van der Waals surface area contributed by atoms with Gasteiger partial charge < -0.3 is 4.74 Å². The van der Waals surface area contributed by atoms with Gasteiger partial charge in [0.05, 0.1) is 19.3 Å². The summed E-state index contributed by atoms with van der Waals surface area (Å²) >= 11 is 0. The number of fused-ring (bicyclic) bond motifs is 1. The lowest BCUT2D eigenvalue weighted by Crippen LogP contribution is -2.51. The Labute approximate surface area is 100 Å². The molecule has 2 unspecified atom stereocenters. The van der Waals surface area contributed by atoms with Gasteiger partial charge in [0.1, 0.15) is 0 Å². The first-order chi connectivity index (χ1) is 8.24. The fourth-order valence-corrected chi connectivity index (χ4v) is 2.81. The third-order valence-corrected chi connectivity index (χ3v) is 3.75. The van der Waals surface area contributed by atoms with Crippen LogP contribution >= 0.6 is 0 Å². The average molecular weight is 236 g/mol. The number of ether oxygens (including phenoxy) is 1. The third kappa shape index (κ3) is 2.00.